The average Bonchev–Trinajstić information content (AvgIpc) is 2.73. The molecule has 1 aromatic carbocycles. The highest BCUT2D eigenvalue weighted by Crippen LogP contribution is 2.09. The second-order valence-electron chi connectivity index (χ2n) is 7.76. The number of carbonyl (C=O) groups is 2. The van der Waals surface area contributed by atoms with Gasteiger partial charge < -0.3 is 10.6 Å². The third-order valence-electron chi connectivity index (χ3n) is 4.06. The van der Waals surface area contributed by atoms with Crippen molar-refractivity contribution in [3.05, 3.63) is 30.1 Å². The van der Waals surface area contributed by atoms with Crippen LogP contribution in [0.3, 0.4) is 0 Å². The van der Waals surface area contributed by atoms with E-state index in [1.54, 1.807) is 12.1 Å². The van der Waals surface area contributed by atoms with Gasteiger partial charge in [0.2, 0.25) is 11.8 Å². The van der Waals surface area contributed by atoms with E-state index in [1.165, 1.54) is 12.1 Å². The third kappa shape index (κ3) is 7.49. The molecule has 0 radical (unpaired) electrons. The van der Waals surface area contributed by atoms with E-state index in [0.717, 1.165) is 32.6 Å². The quantitative estimate of drug-likeness (QED) is 0.835. The van der Waals surface area contributed by atoms with E-state index in [1.807, 2.05) is 20.8 Å². The van der Waals surface area contributed by atoms with E-state index in [4.69, 9.17) is 0 Å². The summed E-state index contributed by atoms with van der Waals surface area (Å²) in [4.78, 5) is 28.4. The highest BCUT2D eigenvalue weighted by Gasteiger charge is 2.20. The lowest BCUT2D eigenvalue weighted by Gasteiger charge is -2.25. The van der Waals surface area contributed by atoms with Crippen molar-refractivity contribution in [2.75, 3.05) is 44.6 Å². The largest absolute Gasteiger partial charge is 0.350 e. The Morgan fingerprint density at radius 1 is 0.962 bits per heavy atom. The molecule has 0 bridgehead atoms. The van der Waals surface area contributed by atoms with Crippen molar-refractivity contribution in [3.63, 3.8) is 0 Å². The second kappa shape index (κ2) is 9.09. The summed E-state index contributed by atoms with van der Waals surface area (Å²) in [6.07, 6.45) is 0.909. The molecule has 1 saturated heterocycles. The van der Waals surface area contributed by atoms with Gasteiger partial charge in [0, 0.05) is 24.3 Å². The molecule has 26 heavy (non-hydrogen) atoms. The van der Waals surface area contributed by atoms with E-state index in [-0.39, 0.29) is 23.2 Å². The summed E-state index contributed by atoms with van der Waals surface area (Å²) in [6.45, 7) is 9.72. The van der Waals surface area contributed by atoms with E-state index < -0.39 is 0 Å². The Hall–Kier alpha value is -1.99. The number of rotatable bonds is 5. The van der Waals surface area contributed by atoms with E-state index >= 15 is 0 Å². The summed E-state index contributed by atoms with van der Waals surface area (Å²) in [5.41, 5.74) is 0.361. The van der Waals surface area contributed by atoms with Crippen LogP contribution in [-0.2, 0) is 9.59 Å². The van der Waals surface area contributed by atoms with Gasteiger partial charge in [0.05, 0.1) is 13.1 Å². The molecule has 2 rings (SSSR count). The Balaban J connectivity index is 1.76. The van der Waals surface area contributed by atoms with Gasteiger partial charge >= 0.3 is 0 Å². The third-order valence-corrected chi connectivity index (χ3v) is 4.06. The van der Waals surface area contributed by atoms with Crippen LogP contribution in [0, 0.1) is 5.82 Å². The first-order chi connectivity index (χ1) is 12.2. The predicted octanol–water partition coefficient (Wildman–Crippen LogP) is 1.69. The molecule has 0 unspecified atom stereocenters. The molecule has 0 atom stereocenters. The highest BCUT2D eigenvalue weighted by atomic mass is 19.1. The Bertz CT molecular complexity index is 613. The molecule has 0 aliphatic carbocycles. The topological polar surface area (TPSA) is 64.7 Å². The van der Waals surface area contributed by atoms with Crippen molar-refractivity contribution in [2.24, 2.45) is 0 Å². The Labute approximate surface area is 154 Å². The smallest absolute Gasteiger partial charge is 0.238 e. The molecule has 1 aromatic rings. The van der Waals surface area contributed by atoms with Gasteiger partial charge in [-0.2, -0.15) is 0 Å². The molecule has 1 fully saturated rings. The van der Waals surface area contributed by atoms with Crippen LogP contribution in [0.1, 0.15) is 27.2 Å². The Morgan fingerprint density at radius 2 is 1.50 bits per heavy atom. The van der Waals surface area contributed by atoms with Crippen molar-refractivity contribution >= 4 is 17.5 Å². The van der Waals surface area contributed by atoms with Gasteiger partial charge in [0.1, 0.15) is 5.82 Å². The van der Waals surface area contributed by atoms with Crippen LogP contribution >= 0.6 is 0 Å². The minimum Gasteiger partial charge on any atom is -0.350 e. The number of nitrogens with one attached hydrogen (secondary N) is 2. The zero-order chi connectivity index (χ0) is 19.2. The maximum Gasteiger partial charge on any atom is 0.238 e. The summed E-state index contributed by atoms with van der Waals surface area (Å²) in [5, 5.41) is 5.76. The SMILES string of the molecule is CC(C)(C)NC(=O)CN1CCCN(CC(=O)Nc2ccc(F)cc2)CC1. The Morgan fingerprint density at radius 3 is 2.04 bits per heavy atom. The molecule has 144 valence electrons. The van der Waals surface area contributed by atoms with Crippen LogP contribution in [0.5, 0.6) is 0 Å². The summed E-state index contributed by atoms with van der Waals surface area (Å²) >= 11 is 0. The van der Waals surface area contributed by atoms with Crippen LogP contribution in [0.2, 0.25) is 0 Å². The molecule has 0 aromatic heterocycles. The molecular weight excluding hydrogens is 335 g/mol. The molecule has 1 aliphatic rings. The molecule has 7 heteroatoms. The number of anilines is 1. The molecule has 2 N–H and O–H groups in total. The monoisotopic (exact) mass is 364 g/mol. The zero-order valence-corrected chi connectivity index (χ0v) is 15.8. The van der Waals surface area contributed by atoms with E-state index in [2.05, 4.69) is 20.4 Å². The minimum atomic E-state index is -0.328. The first-order valence-corrected chi connectivity index (χ1v) is 9.02. The van der Waals surface area contributed by atoms with Crippen molar-refractivity contribution < 1.29 is 14.0 Å². The van der Waals surface area contributed by atoms with Gasteiger partial charge in [-0.1, -0.05) is 0 Å². The molecule has 1 heterocycles. The predicted molar refractivity (Wildman–Crippen MR) is 100 cm³/mol. The van der Waals surface area contributed by atoms with Gasteiger partial charge in [-0.25, -0.2) is 4.39 Å². The summed E-state index contributed by atoms with van der Waals surface area (Å²) in [5.74, 6) is -0.415. The van der Waals surface area contributed by atoms with Crippen molar-refractivity contribution in [2.45, 2.75) is 32.7 Å². The summed E-state index contributed by atoms with van der Waals surface area (Å²) in [6, 6.07) is 5.74. The minimum absolute atomic E-state index is 0.0278. The summed E-state index contributed by atoms with van der Waals surface area (Å²) < 4.78 is 12.9. The number of carbonyl (C=O) groups excluding carboxylic acids is 2. The first-order valence-electron chi connectivity index (χ1n) is 9.02. The first kappa shape index (κ1) is 20.3. The van der Waals surface area contributed by atoms with E-state index in [9.17, 15) is 14.0 Å². The summed E-state index contributed by atoms with van der Waals surface area (Å²) in [7, 11) is 0. The van der Waals surface area contributed by atoms with Crippen molar-refractivity contribution in [1.82, 2.24) is 15.1 Å². The van der Waals surface area contributed by atoms with Gasteiger partial charge in [-0.15, -0.1) is 0 Å². The molecule has 6 nitrogen and oxygen atoms in total. The molecule has 2 amide bonds. The molecule has 0 spiro atoms. The van der Waals surface area contributed by atoms with Gasteiger partial charge in [-0.05, 0) is 64.5 Å². The maximum atomic E-state index is 12.9. The van der Waals surface area contributed by atoms with Gasteiger partial charge in [0.25, 0.3) is 0 Å². The molecule has 0 saturated carbocycles. The number of hydrogen-bond acceptors (Lipinski definition) is 4. The van der Waals surface area contributed by atoms with Crippen LogP contribution < -0.4 is 10.6 Å². The fourth-order valence-electron chi connectivity index (χ4n) is 2.94. The lowest BCUT2D eigenvalue weighted by Crippen LogP contribution is -2.46. The number of halogens is 1. The standard InChI is InChI=1S/C19H29FN4O2/c1-19(2,3)22-18(26)14-24-10-4-9-23(11-12-24)13-17(25)21-16-7-5-15(20)6-8-16/h5-8H,4,9-14H2,1-3H3,(H,21,25)(H,22,26). The molecular formula is C19H29FN4O2. The lowest BCUT2D eigenvalue weighted by molar-refractivity contribution is -0.123. The van der Waals surface area contributed by atoms with Crippen LogP contribution in [0.15, 0.2) is 24.3 Å². The second-order valence-corrected chi connectivity index (χ2v) is 7.76. The molecule has 1 aliphatic heterocycles. The van der Waals surface area contributed by atoms with Crippen LogP contribution in [-0.4, -0.2) is 66.4 Å². The fraction of sp³-hybridized carbons (Fsp3) is 0.579. The maximum absolute atomic E-state index is 12.9. The van der Waals surface area contributed by atoms with Gasteiger partial charge in [0.15, 0.2) is 0 Å². The fourth-order valence-corrected chi connectivity index (χ4v) is 2.94. The number of hydrogen-bond donors (Lipinski definition) is 2. The average molecular weight is 364 g/mol. The zero-order valence-electron chi connectivity index (χ0n) is 15.8. The van der Waals surface area contributed by atoms with Crippen LogP contribution in [0.25, 0.3) is 0 Å². The number of amides is 2. The number of nitrogens with zero attached hydrogens (tertiary/aromatic N) is 2. The Kier molecular flexibility index (Phi) is 7.11. The highest BCUT2D eigenvalue weighted by molar-refractivity contribution is 5.92. The van der Waals surface area contributed by atoms with Crippen molar-refractivity contribution in [3.8, 4) is 0 Å². The van der Waals surface area contributed by atoms with Crippen molar-refractivity contribution in [1.29, 1.82) is 0 Å². The van der Waals surface area contributed by atoms with Crippen LogP contribution in [0.4, 0.5) is 10.1 Å². The van der Waals surface area contributed by atoms with Gasteiger partial charge in [-0.3, -0.25) is 19.4 Å². The number of benzene rings is 1. The normalized spacial score (nSPS) is 16.8. The lowest BCUT2D eigenvalue weighted by atomic mass is 10.1. The van der Waals surface area contributed by atoms with E-state index in [0.29, 0.717) is 18.8 Å².